The topological polar surface area (TPSA) is 91.6 Å². The first-order valence-corrected chi connectivity index (χ1v) is 16.0. The van der Waals surface area contributed by atoms with Gasteiger partial charge in [-0.05, 0) is 87.2 Å². The fourth-order valence-corrected chi connectivity index (χ4v) is 4.34. The Morgan fingerprint density at radius 3 is 1.95 bits per heavy atom. The van der Waals surface area contributed by atoms with Gasteiger partial charge in [-0.3, -0.25) is 9.59 Å². The van der Waals surface area contributed by atoms with Gasteiger partial charge in [-0.2, -0.15) is 0 Å². The maximum Gasteiger partial charge on any atom is 0.318 e. The third-order valence-electron chi connectivity index (χ3n) is 5.48. The molecular formula is C37H48N2O4S. The number of carboxylic acids is 1. The molecule has 3 aromatic carbocycles. The summed E-state index contributed by atoms with van der Waals surface area (Å²) in [5, 5.41) is 12.5. The predicted molar refractivity (Wildman–Crippen MR) is 187 cm³/mol. The monoisotopic (exact) mass is 616 g/mol. The first-order chi connectivity index (χ1) is 21.0. The third-order valence-corrected chi connectivity index (χ3v) is 6.27. The van der Waals surface area contributed by atoms with Crippen molar-refractivity contribution in [2.45, 2.75) is 80.6 Å². The summed E-state index contributed by atoms with van der Waals surface area (Å²) in [5.74, 6) is 5.55. The Bertz CT molecular complexity index is 1520. The van der Waals surface area contributed by atoms with Crippen molar-refractivity contribution in [2.24, 2.45) is 5.41 Å². The molecule has 6 nitrogen and oxygen atoms in total. The van der Waals surface area contributed by atoms with Crippen LogP contribution < -0.4 is 10.0 Å². The lowest BCUT2D eigenvalue weighted by Crippen LogP contribution is -2.15. The number of nitrogens with one attached hydrogen (secondary N) is 2. The van der Waals surface area contributed by atoms with Crippen LogP contribution in [0.3, 0.4) is 0 Å². The average molecular weight is 617 g/mol. The summed E-state index contributed by atoms with van der Waals surface area (Å²) in [4.78, 5) is 24.6. The molecule has 0 unspecified atom stereocenters. The second kappa shape index (κ2) is 19.3. The highest BCUT2D eigenvalue weighted by molar-refractivity contribution is 7.97. The minimum absolute atomic E-state index is 0.111. The summed E-state index contributed by atoms with van der Waals surface area (Å²) >= 11 is 1.27. The van der Waals surface area contributed by atoms with Crippen molar-refractivity contribution in [3.8, 4) is 23.0 Å². The Kier molecular flexibility index (Phi) is 16.7. The largest absolute Gasteiger partial charge is 0.480 e. The fraction of sp³-hybridized carbons (Fsp3) is 0.351. The van der Waals surface area contributed by atoms with Gasteiger partial charge in [0.2, 0.25) is 0 Å². The van der Waals surface area contributed by atoms with Gasteiger partial charge in [-0.25, -0.2) is 4.72 Å². The summed E-state index contributed by atoms with van der Waals surface area (Å²) < 4.78 is 8.72. The van der Waals surface area contributed by atoms with E-state index in [1.165, 1.54) is 18.4 Å². The lowest BCUT2D eigenvalue weighted by molar-refractivity contribution is -0.135. The quantitative estimate of drug-likeness (QED) is 0.141. The van der Waals surface area contributed by atoms with Crippen LogP contribution in [0.15, 0.2) is 76.0 Å². The van der Waals surface area contributed by atoms with Crippen molar-refractivity contribution in [3.05, 3.63) is 83.6 Å². The van der Waals surface area contributed by atoms with Gasteiger partial charge in [-0.1, -0.05) is 90.1 Å². The third kappa shape index (κ3) is 11.9. The molecule has 0 fully saturated rings. The Balaban J connectivity index is 0.00000128. The molecule has 0 spiro atoms. The molecular weight excluding hydrogens is 568 g/mol. The van der Waals surface area contributed by atoms with Crippen LogP contribution in [0.1, 0.15) is 90.4 Å². The van der Waals surface area contributed by atoms with E-state index in [1.54, 1.807) is 0 Å². The highest BCUT2D eigenvalue weighted by Gasteiger charge is 2.19. The number of amides is 1. The molecule has 0 saturated heterocycles. The van der Waals surface area contributed by atoms with Crippen molar-refractivity contribution < 1.29 is 19.1 Å². The maximum absolute atomic E-state index is 13.1. The van der Waals surface area contributed by atoms with Crippen LogP contribution in [0.5, 0.6) is 0 Å². The molecule has 4 rings (SSSR count). The van der Waals surface area contributed by atoms with Crippen LogP contribution in [0.4, 0.5) is 5.69 Å². The molecule has 236 valence electrons. The Hall–Kier alpha value is -3.99. The number of furan rings is 1. The molecule has 4 aromatic rings. The van der Waals surface area contributed by atoms with Gasteiger partial charge in [0.15, 0.2) is 5.76 Å². The van der Waals surface area contributed by atoms with Crippen molar-refractivity contribution >= 4 is 40.5 Å². The van der Waals surface area contributed by atoms with Crippen LogP contribution in [0, 0.1) is 24.2 Å². The maximum atomic E-state index is 13.1. The van der Waals surface area contributed by atoms with E-state index in [-0.39, 0.29) is 23.6 Å². The Morgan fingerprint density at radius 1 is 0.886 bits per heavy atom. The molecule has 1 amide bonds. The van der Waals surface area contributed by atoms with Gasteiger partial charge in [0.05, 0.1) is 0 Å². The first-order valence-electron chi connectivity index (χ1n) is 15.2. The highest BCUT2D eigenvalue weighted by Crippen LogP contribution is 2.30. The molecule has 1 aromatic heterocycles. The lowest BCUT2D eigenvalue weighted by Gasteiger charge is -2.07. The van der Waals surface area contributed by atoms with Crippen LogP contribution in [-0.4, -0.2) is 23.5 Å². The minimum Gasteiger partial charge on any atom is -0.480 e. The van der Waals surface area contributed by atoms with E-state index in [1.807, 2.05) is 101 Å². The van der Waals surface area contributed by atoms with Crippen molar-refractivity contribution in [1.82, 2.24) is 4.72 Å². The summed E-state index contributed by atoms with van der Waals surface area (Å²) in [7, 11) is 0. The number of carbonyl (C=O) groups excluding carboxylic acids is 1. The standard InChI is InChI=1S/C30H28N2O4S.C3H8.2C2H6/c1-19-27-22(16-17-30(2,3)4)6-5-7-25(27)36-28(19)29(35)32-23-12-8-20(9-13-23)21-10-14-24(15-11-21)37-31-18-26(33)34;1-3-2;2*1-2/h5-15,31H,18H2,1-4H3,(H,32,35)(H,33,34);3H2,1-2H3;2*1-2H3. The lowest BCUT2D eigenvalue weighted by atomic mass is 9.96. The van der Waals surface area contributed by atoms with Gasteiger partial charge in [-0.15, -0.1) is 0 Å². The van der Waals surface area contributed by atoms with E-state index >= 15 is 0 Å². The molecule has 0 bridgehead atoms. The van der Waals surface area contributed by atoms with E-state index in [4.69, 9.17) is 9.52 Å². The molecule has 1 heterocycles. The highest BCUT2D eigenvalue weighted by atomic mass is 32.2. The second-order valence-corrected chi connectivity index (χ2v) is 11.3. The molecule has 0 aliphatic carbocycles. The summed E-state index contributed by atoms with van der Waals surface area (Å²) in [6.07, 6.45) is 1.25. The smallest absolute Gasteiger partial charge is 0.318 e. The van der Waals surface area contributed by atoms with E-state index in [2.05, 4.69) is 56.5 Å². The zero-order valence-electron chi connectivity index (χ0n) is 27.8. The summed E-state index contributed by atoms with van der Waals surface area (Å²) in [6.45, 7) is 20.2. The normalized spacial score (nSPS) is 10.0. The fourth-order valence-electron chi connectivity index (χ4n) is 3.71. The number of hydrogen-bond donors (Lipinski definition) is 3. The molecule has 0 aliphatic rings. The number of carbonyl (C=O) groups is 2. The van der Waals surface area contributed by atoms with Crippen molar-refractivity contribution in [2.75, 3.05) is 11.9 Å². The van der Waals surface area contributed by atoms with Gasteiger partial charge < -0.3 is 14.8 Å². The number of fused-ring (bicyclic) bond motifs is 1. The van der Waals surface area contributed by atoms with Crippen LogP contribution >= 0.6 is 11.9 Å². The van der Waals surface area contributed by atoms with Crippen molar-refractivity contribution in [1.29, 1.82) is 0 Å². The van der Waals surface area contributed by atoms with Gasteiger partial charge in [0.1, 0.15) is 12.1 Å². The van der Waals surface area contributed by atoms with Crippen LogP contribution in [0.2, 0.25) is 0 Å². The first kappa shape index (κ1) is 38.0. The Morgan fingerprint density at radius 2 is 1.43 bits per heavy atom. The predicted octanol–water partition coefficient (Wildman–Crippen LogP) is 10.2. The number of hydrogen-bond acceptors (Lipinski definition) is 5. The van der Waals surface area contributed by atoms with E-state index in [9.17, 15) is 9.59 Å². The van der Waals surface area contributed by atoms with Gasteiger partial charge >= 0.3 is 5.97 Å². The minimum atomic E-state index is -0.901. The zero-order valence-corrected chi connectivity index (χ0v) is 28.7. The summed E-state index contributed by atoms with van der Waals surface area (Å²) in [5.41, 5.74) is 4.78. The molecule has 7 heteroatoms. The molecule has 3 N–H and O–H groups in total. The van der Waals surface area contributed by atoms with E-state index < -0.39 is 5.97 Å². The molecule has 0 atom stereocenters. The number of aliphatic carboxylic acids is 1. The second-order valence-electron chi connectivity index (χ2n) is 10.3. The summed E-state index contributed by atoms with van der Waals surface area (Å²) in [6, 6.07) is 21.0. The van der Waals surface area contributed by atoms with Gasteiger partial charge in [0.25, 0.3) is 5.91 Å². The van der Waals surface area contributed by atoms with Crippen LogP contribution in [-0.2, 0) is 4.79 Å². The average Bonchev–Trinajstić information content (AvgIpc) is 3.36. The number of aryl methyl sites for hydroxylation is 1. The number of carboxylic acid groups (broad SMARTS) is 1. The van der Waals surface area contributed by atoms with Crippen LogP contribution in [0.25, 0.3) is 22.1 Å². The number of anilines is 1. The zero-order chi connectivity index (χ0) is 33.3. The van der Waals surface area contributed by atoms with Crippen molar-refractivity contribution in [3.63, 3.8) is 0 Å². The molecule has 0 aliphatic heterocycles. The molecule has 44 heavy (non-hydrogen) atoms. The SMILES string of the molecule is CC.CC.CCC.Cc1c(C(=O)Nc2ccc(-c3ccc(SNCC(=O)O)cc3)cc2)oc2cccc(C#CC(C)(C)C)c12. The Labute approximate surface area is 268 Å². The number of benzene rings is 3. The molecule has 0 saturated carbocycles. The van der Waals surface area contributed by atoms with E-state index in [0.717, 1.165) is 32.5 Å². The molecule has 0 radical (unpaired) electrons. The van der Waals surface area contributed by atoms with Gasteiger partial charge in [0, 0.05) is 32.5 Å². The number of rotatable bonds is 7. The van der Waals surface area contributed by atoms with E-state index in [0.29, 0.717) is 11.3 Å².